The molecule has 0 N–H and O–H groups in total. The highest BCUT2D eigenvalue weighted by atomic mass is 79.9. The van der Waals surface area contributed by atoms with E-state index in [0.29, 0.717) is 0 Å². The third kappa shape index (κ3) is 2.74. The molecular weight excluding hydrogens is 328 g/mol. The van der Waals surface area contributed by atoms with Gasteiger partial charge in [0.15, 0.2) is 5.82 Å². The molecule has 0 aliphatic carbocycles. The van der Waals surface area contributed by atoms with Gasteiger partial charge in [0.2, 0.25) is 0 Å². The molecule has 3 rings (SSSR count). The number of nitrogens with zero attached hydrogens (tertiary/aromatic N) is 4. The van der Waals surface area contributed by atoms with Crippen molar-refractivity contribution in [3.63, 3.8) is 0 Å². The molecule has 0 bridgehead atoms. The summed E-state index contributed by atoms with van der Waals surface area (Å²) in [4.78, 5) is 4.64. The van der Waals surface area contributed by atoms with Crippen LogP contribution in [0.3, 0.4) is 0 Å². The van der Waals surface area contributed by atoms with Crippen molar-refractivity contribution >= 4 is 33.1 Å². The first-order chi connectivity index (χ1) is 10.2. The Hall–Kier alpha value is -2.01. The standard InChI is InChI=1S/C16H15BrN4/c1-11(2)15-16(21-10-6-5-9-14(21)18-15)20-19-13-8-4-3-7-12(13)17/h3-11H,1-2H3. The average Bonchev–Trinajstić information content (AvgIpc) is 2.85. The topological polar surface area (TPSA) is 42.0 Å². The molecule has 2 aromatic heterocycles. The lowest BCUT2D eigenvalue weighted by Gasteiger charge is -2.02. The first-order valence-electron chi connectivity index (χ1n) is 6.80. The number of hydrogen-bond acceptors (Lipinski definition) is 3. The van der Waals surface area contributed by atoms with Crippen LogP contribution >= 0.6 is 15.9 Å². The zero-order valence-corrected chi connectivity index (χ0v) is 13.4. The van der Waals surface area contributed by atoms with Crippen LogP contribution in [0.25, 0.3) is 5.65 Å². The summed E-state index contributed by atoms with van der Waals surface area (Å²) in [6.45, 7) is 4.22. The van der Waals surface area contributed by atoms with Gasteiger partial charge in [-0.1, -0.05) is 32.0 Å². The first-order valence-corrected chi connectivity index (χ1v) is 7.59. The largest absolute Gasteiger partial charge is 0.283 e. The van der Waals surface area contributed by atoms with Gasteiger partial charge in [-0.15, -0.1) is 10.2 Å². The second-order valence-corrected chi connectivity index (χ2v) is 5.91. The van der Waals surface area contributed by atoms with Gasteiger partial charge in [-0.25, -0.2) is 4.98 Å². The van der Waals surface area contributed by atoms with Gasteiger partial charge >= 0.3 is 0 Å². The molecule has 106 valence electrons. The second-order valence-electron chi connectivity index (χ2n) is 5.06. The molecule has 0 saturated heterocycles. The van der Waals surface area contributed by atoms with Crippen LogP contribution in [-0.4, -0.2) is 9.38 Å². The van der Waals surface area contributed by atoms with Gasteiger partial charge in [-0.2, -0.15) is 0 Å². The molecule has 0 unspecified atom stereocenters. The van der Waals surface area contributed by atoms with Crippen molar-refractivity contribution in [1.29, 1.82) is 0 Å². The minimum Gasteiger partial charge on any atom is -0.283 e. The molecular formula is C16H15BrN4. The van der Waals surface area contributed by atoms with Crippen LogP contribution in [0.5, 0.6) is 0 Å². The van der Waals surface area contributed by atoms with E-state index in [-0.39, 0.29) is 5.92 Å². The molecule has 0 radical (unpaired) electrons. The summed E-state index contributed by atoms with van der Waals surface area (Å²) in [7, 11) is 0. The van der Waals surface area contributed by atoms with E-state index in [4.69, 9.17) is 0 Å². The van der Waals surface area contributed by atoms with Gasteiger partial charge < -0.3 is 0 Å². The summed E-state index contributed by atoms with van der Waals surface area (Å²) in [5, 5.41) is 8.80. The highest BCUT2D eigenvalue weighted by Gasteiger charge is 2.14. The summed E-state index contributed by atoms with van der Waals surface area (Å²) >= 11 is 3.48. The predicted octanol–water partition coefficient (Wildman–Crippen LogP) is 5.64. The molecule has 1 aromatic carbocycles. The quantitative estimate of drug-likeness (QED) is 0.568. The van der Waals surface area contributed by atoms with E-state index in [1.54, 1.807) is 0 Å². The predicted molar refractivity (Wildman–Crippen MR) is 87.6 cm³/mol. The number of pyridine rings is 1. The van der Waals surface area contributed by atoms with Gasteiger partial charge in [0.05, 0.1) is 11.4 Å². The smallest absolute Gasteiger partial charge is 0.183 e. The van der Waals surface area contributed by atoms with Gasteiger partial charge in [0, 0.05) is 10.7 Å². The van der Waals surface area contributed by atoms with Crippen LogP contribution in [-0.2, 0) is 0 Å². The number of fused-ring (bicyclic) bond motifs is 1. The van der Waals surface area contributed by atoms with Crippen LogP contribution in [0.15, 0.2) is 63.4 Å². The van der Waals surface area contributed by atoms with E-state index < -0.39 is 0 Å². The van der Waals surface area contributed by atoms with E-state index in [2.05, 4.69) is 45.0 Å². The number of aromatic nitrogens is 2. The van der Waals surface area contributed by atoms with Crippen molar-refractivity contribution in [3.8, 4) is 0 Å². The van der Waals surface area contributed by atoms with E-state index in [1.807, 2.05) is 53.1 Å². The molecule has 0 aliphatic rings. The van der Waals surface area contributed by atoms with Crippen molar-refractivity contribution in [2.45, 2.75) is 19.8 Å². The van der Waals surface area contributed by atoms with Crippen LogP contribution in [0.2, 0.25) is 0 Å². The lowest BCUT2D eigenvalue weighted by Crippen LogP contribution is -1.87. The van der Waals surface area contributed by atoms with E-state index >= 15 is 0 Å². The number of azo groups is 1. The Kier molecular flexibility index (Phi) is 3.84. The lowest BCUT2D eigenvalue weighted by molar-refractivity contribution is 0.831. The fraction of sp³-hybridized carbons (Fsp3) is 0.188. The summed E-state index contributed by atoms with van der Waals surface area (Å²) in [5.41, 5.74) is 2.65. The highest BCUT2D eigenvalue weighted by molar-refractivity contribution is 9.10. The number of imidazole rings is 1. The van der Waals surface area contributed by atoms with Crippen molar-refractivity contribution in [1.82, 2.24) is 9.38 Å². The van der Waals surface area contributed by atoms with Crippen molar-refractivity contribution in [2.75, 3.05) is 0 Å². The number of rotatable bonds is 3. The molecule has 0 saturated carbocycles. The highest BCUT2D eigenvalue weighted by Crippen LogP contribution is 2.31. The number of halogens is 1. The zero-order valence-electron chi connectivity index (χ0n) is 11.9. The molecule has 0 amide bonds. The van der Waals surface area contributed by atoms with Crippen LogP contribution in [0.1, 0.15) is 25.5 Å². The third-order valence-electron chi connectivity index (χ3n) is 3.18. The van der Waals surface area contributed by atoms with Crippen LogP contribution < -0.4 is 0 Å². The van der Waals surface area contributed by atoms with Crippen molar-refractivity contribution in [3.05, 3.63) is 58.8 Å². The molecule has 4 nitrogen and oxygen atoms in total. The minimum absolute atomic E-state index is 0.290. The Labute approximate surface area is 131 Å². The van der Waals surface area contributed by atoms with E-state index in [1.165, 1.54) is 0 Å². The fourth-order valence-corrected chi connectivity index (χ4v) is 2.49. The molecule has 0 aliphatic heterocycles. The van der Waals surface area contributed by atoms with Crippen molar-refractivity contribution < 1.29 is 0 Å². The summed E-state index contributed by atoms with van der Waals surface area (Å²) in [6, 6.07) is 13.7. The maximum Gasteiger partial charge on any atom is 0.183 e. The Morgan fingerprint density at radius 1 is 1.05 bits per heavy atom. The fourth-order valence-electron chi connectivity index (χ4n) is 2.12. The molecule has 0 fully saturated rings. The maximum absolute atomic E-state index is 4.64. The minimum atomic E-state index is 0.290. The number of hydrogen-bond donors (Lipinski definition) is 0. The van der Waals surface area contributed by atoms with Gasteiger partial charge in [-0.05, 0) is 46.1 Å². The average molecular weight is 343 g/mol. The van der Waals surface area contributed by atoms with E-state index in [0.717, 1.165) is 27.3 Å². The summed E-state index contributed by atoms with van der Waals surface area (Å²) in [5.74, 6) is 1.08. The van der Waals surface area contributed by atoms with Crippen LogP contribution in [0, 0.1) is 0 Å². The Bertz CT molecular complexity index is 805. The molecule has 3 aromatic rings. The zero-order chi connectivity index (χ0) is 14.8. The molecule has 0 atom stereocenters. The van der Waals surface area contributed by atoms with E-state index in [9.17, 15) is 0 Å². The Balaban J connectivity index is 2.11. The molecule has 21 heavy (non-hydrogen) atoms. The third-order valence-corrected chi connectivity index (χ3v) is 3.85. The lowest BCUT2D eigenvalue weighted by atomic mass is 10.1. The summed E-state index contributed by atoms with van der Waals surface area (Å²) < 4.78 is 2.89. The maximum atomic E-state index is 4.64. The summed E-state index contributed by atoms with van der Waals surface area (Å²) in [6.07, 6.45) is 1.96. The first kappa shape index (κ1) is 13.9. The van der Waals surface area contributed by atoms with Crippen molar-refractivity contribution in [2.24, 2.45) is 10.2 Å². The monoisotopic (exact) mass is 342 g/mol. The molecule has 2 heterocycles. The normalized spacial score (nSPS) is 11.8. The SMILES string of the molecule is CC(C)c1nc2ccccn2c1N=Nc1ccccc1Br. The Morgan fingerprint density at radius 2 is 1.81 bits per heavy atom. The van der Waals surface area contributed by atoms with Gasteiger partial charge in [-0.3, -0.25) is 4.40 Å². The number of benzene rings is 1. The second kappa shape index (κ2) is 5.77. The molecule has 0 spiro atoms. The molecule has 5 heteroatoms. The Morgan fingerprint density at radius 3 is 2.57 bits per heavy atom. The van der Waals surface area contributed by atoms with Gasteiger partial charge in [0.25, 0.3) is 0 Å². The van der Waals surface area contributed by atoms with Crippen LogP contribution in [0.4, 0.5) is 11.5 Å². The van der Waals surface area contributed by atoms with Gasteiger partial charge in [0.1, 0.15) is 5.65 Å².